The Morgan fingerprint density at radius 3 is 2.69 bits per heavy atom. The third-order valence-corrected chi connectivity index (χ3v) is 5.05. The van der Waals surface area contributed by atoms with Gasteiger partial charge in [0.1, 0.15) is 5.69 Å². The molecule has 4 rings (SSSR count). The van der Waals surface area contributed by atoms with Crippen molar-refractivity contribution in [2.75, 3.05) is 43.1 Å². The summed E-state index contributed by atoms with van der Waals surface area (Å²) < 4.78 is 7.40. The molecule has 2 aromatic heterocycles. The molecular formula is C22H25N7O3. The summed E-state index contributed by atoms with van der Waals surface area (Å²) in [6.07, 6.45) is 9.75. The van der Waals surface area contributed by atoms with E-state index in [2.05, 4.69) is 20.3 Å². The summed E-state index contributed by atoms with van der Waals surface area (Å²) >= 11 is 0. The van der Waals surface area contributed by atoms with E-state index in [1.165, 1.54) is 0 Å². The summed E-state index contributed by atoms with van der Waals surface area (Å²) in [5.41, 5.74) is 1.11. The molecule has 166 valence electrons. The van der Waals surface area contributed by atoms with Crippen molar-refractivity contribution < 1.29 is 9.66 Å². The largest absolute Gasteiger partial charge is 0.378 e. The molecule has 0 atom stereocenters. The summed E-state index contributed by atoms with van der Waals surface area (Å²) in [6.45, 7) is 3.52. The van der Waals surface area contributed by atoms with Crippen molar-refractivity contribution in [3.63, 3.8) is 0 Å². The van der Waals surface area contributed by atoms with Crippen molar-refractivity contribution in [2.45, 2.75) is 13.0 Å². The summed E-state index contributed by atoms with van der Waals surface area (Å²) in [7, 11) is 0. The molecule has 1 aliphatic heterocycles. The molecule has 0 spiro atoms. The van der Waals surface area contributed by atoms with E-state index in [-0.39, 0.29) is 11.4 Å². The zero-order valence-electron chi connectivity index (χ0n) is 17.6. The van der Waals surface area contributed by atoms with Crippen LogP contribution in [0.5, 0.6) is 0 Å². The highest BCUT2D eigenvalue weighted by atomic mass is 16.6. The maximum atomic E-state index is 12.0. The fraction of sp³-hybridized carbons (Fsp3) is 0.318. The number of morpholine rings is 1. The quantitative estimate of drug-likeness (QED) is 0.310. The lowest BCUT2D eigenvalue weighted by Gasteiger charge is -2.27. The minimum absolute atomic E-state index is 0.0944. The molecule has 0 radical (unpaired) electrons. The van der Waals surface area contributed by atoms with Gasteiger partial charge in [-0.05, 0) is 18.1 Å². The van der Waals surface area contributed by atoms with Gasteiger partial charge in [0.25, 0.3) is 0 Å². The third kappa shape index (κ3) is 5.46. The Balaban J connectivity index is 1.61. The van der Waals surface area contributed by atoms with E-state index < -0.39 is 4.92 Å². The van der Waals surface area contributed by atoms with E-state index in [0.717, 1.165) is 18.5 Å². The molecule has 0 unspecified atom stereocenters. The van der Waals surface area contributed by atoms with Crippen molar-refractivity contribution in [3.8, 4) is 0 Å². The highest BCUT2D eigenvalue weighted by Crippen LogP contribution is 2.32. The Kier molecular flexibility index (Phi) is 7.03. The Morgan fingerprint density at radius 2 is 1.97 bits per heavy atom. The number of nitrogens with zero attached hydrogens (tertiary/aromatic N) is 6. The van der Waals surface area contributed by atoms with Gasteiger partial charge in [-0.25, -0.2) is 9.97 Å². The SMILES string of the molecule is O=[N+]([O-])c1c(/C=C/c2ccccc2)nc(NCCCn2ccnc2)nc1N1CCOCC1. The number of nitro groups is 1. The summed E-state index contributed by atoms with van der Waals surface area (Å²) in [5, 5.41) is 15.2. The van der Waals surface area contributed by atoms with Crippen LogP contribution in [0.1, 0.15) is 17.7 Å². The molecule has 3 aromatic rings. The van der Waals surface area contributed by atoms with E-state index >= 15 is 0 Å². The molecule has 1 aromatic carbocycles. The van der Waals surface area contributed by atoms with Crippen LogP contribution in [0.2, 0.25) is 0 Å². The number of anilines is 2. The van der Waals surface area contributed by atoms with Crippen LogP contribution < -0.4 is 10.2 Å². The van der Waals surface area contributed by atoms with Crippen molar-refractivity contribution in [1.82, 2.24) is 19.5 Å². The first-order chi connectivity index (χ1) is 15.7. The van der Waals surface area contributed by atoms with Crippen LogP contribution in [0.25, 0.3) is 12.2 Å². The van der Waals surface area contributed by atoms with Crippen LogP contribution in [0.4, 0.5) is 17.5 Å². The van der Waals surface area contributed by atoms with Crippen LogP contribution in [0.3, 0.4) is 0 Å². The predicted molar refractivity (Wildman–Crippen MR) is 122 cm³/mol. The minimum Gasteiger partial charge on any atom is -0.378 e. The van der Waals surface area contributed by atoms with Gasteiger partial charge in [0, 0.05) is 38.6 Å². The number of imidazole rings is 1. The highest BCUT2D eigenvalue weighted by molar-refractivity contribution is 5.77. The summed E-state index contributed by atoms with van der Waals surface area (Å²) in [4.78, 5) is 26.5. The second kappa shape index (κ2) is 10.5. The van der Waals surface area contributed by atoms with Gasteiger partial charge in [-0.2, -0.15) is 4.98 Å². The first kappa shape index (κ1) is 21.4. The lowest BCUT2D eigenvalue weighted by Crippen LogP contribution is -2.37. The molecule has 0 aliphatic carbocycles. The van der Waals surface area contributed by atoms with Gasteiger partial charge in [0.05, 0.1) is 24.5 Å². The van der Waals surface area contributed by atoms with E-state index in [0.29, 0.717) is 44.6 Å². The first-order valence-corrected chi connectivity index (χ1v) is 10.5. The van der Waals surface area contributed by atoms with Crippen LogP contribution in [0, 0.1) is 10.1 Å². The van der Waals surface area contributed by atoms with Gasteiger partial charge in [0.15, 0.2) is 0 Å². The molecule has 1 fully saturated rings. The summed E-state index contributed by atoms with van der Waals surface area (Å²) in [6, 6.07) is 9.62. The zero-order chi connectivity index (χ0) is 22.2. The second-order valence-electron chi connectivity index (χ2n) is 7.29. The topological polar surface area (TPSA) is 111 Å². The number of aryl methyl sites for hydroxylation is 1. The molecule has 1 saturated heterocycles. The molecule has 0 bridgehead atoms. The number of ether oxygens (including phenoxy) is 1. The minimum atomic E-state index is -0.404. The number of nitrogens with one attached hydrogen (secondary N) is 1. The van der Waals surface area contributed by atoms with Gasteiger partial charge >= 0.3 is 5.69 Å². The molecule has 3 heterocycles. The molecule has 0 amide bonds. The normalized spacial score (nSPS) is 14.1. The Morgan fingerprint density at radius 1 is 1.16 bits per heavy atom. The molecule has 1 aliphatic rings. The van der Waals surface area contributed by atoms with Crippen LogP contribution >= 0.6 is 0 Å². The molecule has 32 heavy (non-hydrogen) atoms. The van der Waals surface area contributed by atoms with Crippen molar-refractivity contribution in [3.05, 3.63) is 70.4 Å². The third-order valence-electron chi connectivity index (χ3n) is 5.05. The molecule has 10 heteroatoms. The molecular weight excluding hydrogens is 410 g/mol. The Labute approximate surface area is 185 Å². The predicted octanol–water partition coefficient (Wildman–Crippen LogP) is 3.09. The number of rotatable bonds is 9. The van der Waals surface area contributed by atoms with Gasteiger partial charge < -0.3 is 19.5 Å². The lowest BCUT2D eigenvalue weighted by atomic mass is 10.2. The fourth-order valence-electron chi connectivity index (χ4n) is 3.45. The van der Waals surface area contributed by atoms with Gasteiger partial charge in [-0.15, -0.1) is 0 Å². The highest BCUT2D eigenvalue weighted by Gasteiger charge is 2.28. The Bertz CT molecular complexity index is 1050. The second-order valence-corrected chi connectivity index (χ2v) is 7.29. The fourth-order valence-corrected chi connectivity index (χ4v) is 3.45. The maximum Gasteiger partial charge on any atom is 0.337 e. The average Bonchev–Trinajstić information content (AvgIpc) is 3.35. The number of hydrogen-bond donors (Lipinski definition) is 1. The van der Waals surface area contributed by atoms with E-state index in [9.17, 15) is 10.1 Å². The van der Waals surface area contributed by atoms with E-state index in [1.54, 1.807) is 18.6 Å². The van der Waals surface area contributed by atoms with E-state index in [1.807, 2.05) is 52.1 Å². The number of hydrogen-bond acceptors (Lipinski definition) is 8. The van der Waals surface area contributed by atoms with Crippen LogP contribution in [-0.2, 0) is 11.3 Å². The lowest BCUT2D eigenvalue weighted by molar-refractivity contribution is -0.384. The average molecular weight is 435 g/mol. The summed E-state index contributed by atoms with van der Waals surface area (Å²) in [5.74, 6) is 0.688. The van der Waals surface area contributed by atoms with Crippen molar-refractivity contribution >= 4 is 29.6 Å². The Hall–Kier alpha value is -3.79. The van der Waals surface area contributed by atoms with Crippen molar-refractivity contribution in [2.24, 2.45) is 0 Å². The monoisotopic (exact) mass is 435 g/mol. The molecule has 1 N–H and O–H groups in total. The first-order valence-electron chi connectivity index (χ1n) is 10.5. The van der Waals surface area contributed by atoms with Crippen LogP contribution in [0.15, 0.2) is 49.1 Å². The zero-order valence-corrected chi connectivity index (χ0v) is 17.6. The standard InChI is InChI=1S/C22H25N7O3/c30-29(31)20-19(8-7-18-5-2-1-3-6-18)25-22(24-9-4-11-27-12-10-23-17-27)26-21(20)28-13-15-32-16-14-28/h1-3,5-8,10,12,17H,4,9,11,13-16H2,(H,24,25,26)/b8-7+. The number of aromatic nitrogens is 4. The van der Waals surface area contributed by atoms with Gasteiger partial charge in [-0.3, -0.25) is 10.1 Å². The van der Waals surface area contributed by atoms with E-state index in [4.69, 9.17) is 4.74 Å². The smallest absolute Gasteiger partial charge is 0.337 e. The van der Waals surface area contributed by atoms with Crippen LogP contribution in [-0.4, -0.2) is 57.3 Å². The molecule has 10 nitrogen and oxygen atoms in total. The molecule has 0 saturated carbocycles. The van der Waals surface area contributed by atoms with Gasteiger partial charge in [0.2, 0.25) is 11.8 Å². The van der Waals surface area contributed by atoms with Gasteiger partial charge in [-0.1, -0.05) is 36.4 Å². The maximum absolute atomic E-state index is 12.0. The van der Waals surface area contributed by atoms with Crippen molar-refractivity contribution in [1.29, 1.82) is 0 Å². The number of benzene rings is 1.